The molecule has 0 bridgehead atoms. The molecule has 0 saturated heterocycles. The molecule has 0 atom stereocenters. The molecule has 2 nitrogen and oxygen atoms in total. The summed E-state index contributed by atoms with van der Waals surface area (Å²) in [5.41, 5.74) is 1.32. The summed E-state index contributed by atoms with van der Waals surface area (Å²) in [6.45, 7) is 0.942. The molecule has 0 unspecified atom stereocenters. The highest BCUT2D eigenvalue weighted by atomic mass is 16.5. The van der Waals surface area contributed by atoms with Crippen molar-refractivity contribution in [1.82, 2.24) is 0 Å². The molecule has 1 aromatic carbocycles. The van der Waals surface area contributed by atoms with Gasteiger partial charge >= 0.3 is 0 Å². The number of methoxy groups -OCH3 is 1. The van der Waals surface area contributed by atoms with Gasteiger partial charge in [-0.25, -0.2) is 0 Å². The van der Waals surface area contributed by atoms with Crippen molar-refractivity contribution in [2.45, 2.75) is 12.8 Å². The van der Waals surface area contributed by atoms with E-state index in [1.807, 2.05) is 19.2 Å². The van der Waals surface area contributed by atoms with Crippen molar-refractivity contribution in [3.05, 3.63) is 35.1 Å². The molecule has 0 spiro atoms. The zero-order valence-electron chi connectivity index (χ0n) is 8.29. The Hall–Kier alpha value is -1.02. The Balaban J connectivity index is 2.46. The first-order chi connectivity index (χ1) is 6.36. The third-order valence-corrected chi connectivity index (χ3v) is 1.98. The molecule has 0 saturated carbocycles. The van der Waals surface area contributed by atoms with Crippen LogP contribution in [0.3, 0.4) is 0 Å². The Morgan fingerprint density at radius 2 is 2.23 bits per heavy atom. The fraction of sp³-hybridized carbons (Fsp3) is 0.455. The summed E-state index contributed by atoms with van der Waals surface area (Å²) < 4.78 is 5.14. The fourth-order valence-corrected chi connectivity index (χ4v) is 1.27. The fourth-order valence-electron chi connectivity index (χ4n) is 1.27. The molecule has 0 radical (unpaired) electrons. The van der Waals surface area contributed by atoms with Crippen LogP contribution in [0.4, 0.5) is 0 Å². The van der Waals surface area contributed by atoms with E-state index in [0.29, 0.717) is 0 Å². The number of hydrogen-bond donors (Lipinski definition) is 0. The lowest BCUT2D eigenvalue weighted by molar-refractivity contribution is 0.414. The zero-order valence-corrected chi connectivity index (χ0v) is 8.29. The molecule has 1 rings (SSSR count). The first kappa shape index (κ1) is 10.1. The highest BCUT2D eigenvalue weighted by Crippen LogP contribution is 2.13. The molecule has 0 amide bonds. The van der Waals surface area contributed by atoms with E-state index in [4.69, 9.17) is 4.74 Å². The normalized spacial score (nSPS) is 10.0. The van der Waals surface area contributed by atoms with Crippen molar-refractivity contribution in [3.63, 3.8) is 0 Å². The van der Waals surface area contributed by atoms with E-state index in [2.05, 4.69) is 17.4 Å². The van der Waals surface area contributed by atoms with Gasteiger partial charge in [-0.3, -0.25) is 0 Å². The summed E-state index contributed by atoms with van der Waals surface area (Å²) >= 11 is 0. The molecular weight excluding hydrogens is 162 g/mol. The molecule has 2 heteroatoms. The van der Waals surface area contributed by atoms with E-state index >= 15 is 0 Å². The number of ether oxygens (including phenoxy) is 1. The van der Waals surface area contributed by atoms with E-state index in [-0.39, 0.29) is 0 Å². The maximum atomic E-state index is 5.14. The lowest BCUT2D eigenvalue weighted by Crippen LogP contribution is -1.90. The molecule has 0 aromatic heterocycles. The van der Waals surface area contributed by atoms with Crippen molar-refractivity contribution in [1.29, 1.82) is 0 Å². The predicted octanol–water partition coefficient (Wildman–Crippen LogP) is 2.63. The Morgan fingerprint density at radius 1 is 1.38 bits per heavy atom. The quantitative estimate of drug-likeness (QED) is 0.636. The van der Waals surface area contributed by atoms with E-state index < -0.39 is 0 Å². The van der Waals surface area contributed by atoms with Crippen molar-refractivity contribution in [2.75, 3.05) is 20.7 Å². The summed E-state index contributed by atoms with van der Waals surface area (Å²) in [7, 11) is 3.55. The van der Waals surface area contributed by atoms with Gasteiger partial charge in [0.05, 0.1) is 7.11 Å². The van der Waals surface area contributed by atoms with Crippen LogP contribution in [0.25, 0.3) is 5.32 Å². The van der Waals surface area contributed by atoms with Crippen LogP contribution in [0.15, 0.2) is 24.3 Å². The Kier molecular flexibility index (Phi) is 4.33. The highest BCUT2D eigenvalue weighted by molar-refractivity contribution is 5.28. The molecule has 0 heterocycles. The Labute approximate surface area is 79.9 Å². The first-order valence-electron chi connectivity index (χ1n) is 4.55. The molecule has 0 fully saturated rings. The van der Waals surface area contributed by atoms with Gasteiger partial charge in [0.15, 0.2) is 0 Å². The van der Waals surface area contributed by atoms with Gasteiger partial charge in [-0.15, -0.1) is 6.54 Å². The molecule has 0 N–H and O–H groups in total. The van der Waals surface area contributed by atoms with Gasteiger partial charge in [-0.2, -0.15) is 7.05 Å². The van der Waals surface area contributed by atoms with Crippen LogP contribution in [-0.4, -0.2) is 20.7 Å². The topological polar surface area (TPSA) is 23.3 Å². The molecule has 13 heavy (non-hydrogen) atoms. The maximum absolute atomic E-state index is 5.14. The molecule has 1 aromatic rings. The molecule has 0 aliphatic rings. The predicted molar refractivity (Wildman–Crippen MR) is 55.5 cm³/mol. The first-order valence-corrected chi connectivity index (χ1v) is 4.55. The lowest BCUT2D eigenvalue weighted by Gasteiger charge is -2.10. The summed E-state index contributed by atoms with van der Waals surface area (Å²) in [4.78, 5) is 0. The maximum Gasteiger partial charge on any atom is 0.119 e. The second-order valence-electron chi connectivity index (χ2n) is 2.99. The molecular formula is C11H16NO-. The van der Waals surface area contributed by atoms with Crippen LogP contribution in [0.1, 0.15) is 12.0 Å². The summed E-state index contributed by atoms with van der Waals surface area (Å²) in [6, 6.07) is 8.19. The third-order valence-electron chi connectivity index (χ3n) is 1.98. The van der Waals surface area contributed by atoms with Gasteiger partial charge in [0.1, 0.15) is 5.75 Å². The smallest absolute Gasteiger partial charge is 0.119 e. The van der Waals surface area contributed by atoms with Gasteiger partial charge in [-0.1, -0.05) is 18.6 Å². The van der Waals surface area contributed by atoms with Crippen molar-refractivity contribution in [2.24, 2.45) is 0 Å². The van der Waals surface area contributed by atoms with Crippen LogP contribution in [-0.2, 0) is 6.42 Å². The number of aryl methyl sites for hydroxylation is 1. The Bertz CT molecular complexity index is 248. The average Bonchev–Trinajstić information content (AvgIpc) is 2.19. The third kappa shape index (κ3) is 3.47. The van der Waals surface area contributed by atoms with Crippen molar-refractivity contribution in [3.8, 4) is 5.75 Å². The second-order valence-corrected chi connectivity index (χ2v) is 2.99. The molecule has 0 aliphatic carbocycles. The van der Waals surface area contributed by atoms with Crippen LogP contribution < -0.4 is 4.74 Å². The van der Waals surface area contributed by atoms with Gasteiger partial charge in [0.2, 0.25) is 0 Å². The Morgan fingerprint density at radius 3 is 2.92 bits per heavy atom. The summed E-state index contributed by atoms with van der Waals surface area (Å²) in [5.74, 6) is 0.936. The van der Waals surface area contributed by atoms with E-state index in [1.165, 1.54) is 5.56 Å². The zero-order chi connectivity index (χ0) is 9.52. The second kappa shape index (κ2) is 5.60. The molecule has 72 valence electrons. The molecule has 0 aliphatic heterocycles. The standard InChI is InChI=1S/C11H16NO/c1-12-8-4-6-10-5-3-7-11(9-10)13-2/h3,5,7,9H,4,6,8H2,1-2H3/q-1. The van der Waals surface area contributed by atoms with Gasteiger partial charge in [-0.05, 0) is 24.1 Å². The monoisotopic (exact) mass is 178 g/mol. The van der Waals surface area contributed by atoms with Crippen LogP contribution in [0.5, 0.6) is 5.75 Å². The van der Waals surface area contributed by atoms with Crippen molar-refractivity contribution < 1.29 is 4.74 Å². The lowest BCUT2D eigenvalue weighted by atomic mass is 10.1. The summed E-state index contributed by atoms with van der Waals surface area (Å²) in [5, 5.41) is 4.06. The van der Waals surface area contributed by atoms with Gasteiger partial charge in [0, 0.05) is 0 Å². The average molecular weight is 178 g/mol. The van der Waals surface area contributed by atoms with E-state index in [1.54, 1.807) is 7.11 Å². The van der Waals surface area contributed by atoms with Crippen molar-refractivity contribution >= 4 is 0 Å². The minimum atomic E-state index is 0.936. The van der Waals surface area contributed by atoms with Crippen LogP contribution in [0, 0.1) is 0 Å². The van der Waals surface area contributed by atoms with E-state index in [0.717, 1.165) is 25.1 Å². The van der Waals surface area contributed by atoms with Gasteiger partial charge < -0.3 is 10.1 Å². The van der Waals surface area contributed by atoms with E-state index in [9.17, 15) is 0 Å². The number of hydrogen-bond acceptors (Lipinski definition) is 1. The van der Waals surface area contributed by atoms with Crippen LogP contribution >= 0.6 is 0 Å². The minimum absolute atomic E-state index is 0.936. The number of rotatable bonds is 5. The number of benzene rings is 1. The summed E-state index contributed by atoms with van der Waals surface area (Å²) in [6.07, 6.45) is 2.19. The number of nitrogens with zero attached hydrogens (tertiary/aromatic N) is 1. The van der Waals surface area contributed by atoms with Crippen LogP contribution in [0.2, 0.25) is 0 Å². The largest absolute Gasteiger partial charge is 0.665 e. The minimum Gasteiger partial charge on any atom is -0.665 e. The highest BCUT2D eigenvalue weighted by Gasteiger charge is 1.93. The van der Waals surface area contributed by atoms with Gasteiger partial charge in [0.25, 0.3) is 0 Å². The SMILES string of the molecule is C[N-]CCCc1cccc(OC)c1.